The monoisotopic (exact) mass is 330 g/mol. The quantitative estimate of drug-likeness (QED) is 0.751. The van der Waals surface area contributed by atoms with Crippen molar-refractivity contribution >= 4 is 39.0 Å². The summed E-state index contributed by atoms with van der Waals surface area (Å²) in [6, 6.07) is 16.4. The third-order valence-electron chi connectivity index (χ3n) is 2.78. The molecule has 0 saturated carbocycles. The molecule has 19 heavy (non-hydrogen) atoms. The fourth-order valence-corrected chi connectivity index (χ4v) is 2.29. The Morgan fingerprint density at radius 3 is 2.47 bits per heavy atom. The SMILES string of the molecule is CCCc1cc(OCc2ccccc2)ccc1Br.[MgH2]. The van der Waals surface area contributed by atoms with E-state index in [1.165, 1.54) is 11.1 Å². The van der Waals surface area contributed by atoms with E-state index in [2.05, 4.69) is 47.1 Å². The lowest BCUT2D eigenvalue weighted by Crippen LogP contribution is -1.96. The standard InChI is InChI=1S/C16H17BrO.Mg.2H/c1-2-6-14-11-15(9-10-16(14)17)18-12-13-7-4-3-5-8-13;;;/h3-5,7-11H,2,6,12H2,1H3;;;. The largest absolute Gasteiger partial charge is 0.489 e. The van der Waals surface area contributed by atoms with Crippen LogP contribution < -0.4 is 4.74 Å². The van der Waals surface area contributed by atoms with Crippen LogP contribution in [0.1, 0.15) is 24.5 Å². The Balaban J connectivity index is 0.00000180. The number of halogens is 1. The molecule has 0 radical (unpaired) electrons. The highest BCUT2D eigenvalue weighted by atomic mass is 79.9. The second kappa shape index (κ2) is 8.62. The molecule has 0 aliphatic rings. The molecule has 0 unspecified atom stereocenters. The summed E-state index contributed by atoms with van der Waals surface area (Å²) in [5, 5.41) is 0. The van der Waals surface area contributed by atoms with Crippen LogP contribution in [0.3, 0.4) is 0 Å². The molecular formula is C16H19BrMgO. The summed E-state index contributed by atoms with van der Waals surface area (Å²) in [5.41, 5.74) is 2.50. The van der Waals surface area contributed by atoms with Crippen molar-refractivity contribution in [3.63, 3.8) is 0 Å². The molecule has 0 N–H and O–H groups in total. The van der Waals surface area contributed by atoms with Crippen molar-refractivity contribution in [2.45, 2.75) is 26.4 Å². The van der Waals surface area contributed by atoms with Gasteiger partial charge < -0.3 is 4.74 Å². The van der Waals surface area contributed by atoms with Crippen LogP contribution in [0.5, 0.6) is 5.75 Å². The van der Waals surface area contributed by atoms with E-state index in [9.17, 15) is 0 Å². The summed E-state index contributed by atoms with van der Waals surface area (Å²) in [7, 11) is 0. The van der Waals surface area contributed by atoms with Crippen molar-refractivity contribution in [2.24, 2.45) is 0 Å². The first-order valence-corrected chi connectivity index (χ1v) is 7.04. The van der Waals surface area contributed by atoms with Gasteiger partial charge in [0.2, 0.25) is 0 Å². The molecule has 0 aliphatic heterocycles. The Labute approximate surface area is 139 Å². The predicted octanol–water partition coefficient (Wildman–Crippen LogP) is 4.06. The molecule has 98 valence electrons. The highest BCUT2D eigenvalue weighted by molar-refractivity contribution is 9.10. The van der Waals surface area contributed by atoms with Gasteiger partial charge in [-0.3, -0.25) is 0 Å². The van der Waals surface area contributed by atoms with E-state index in [0.29, 0.717) is 6.61 Å². The van der Waals surface area contributed by atoms with Crippen LogP contribution in [-0.4, -0.2) is 23.1 Å². The smallest absolute Gasteiger partial charge is 0.316 e. The molecule has 3 heteroatoms. The zero-order chi connectivity index (χ0) is 12.8. The van der Waals surface area contributed by atoms with E-state index in [-0.39, 0.29) is 23.1 Å². The summed E-state index contributed by atoms with van der Waals surface area (Å²) in [6.07, 6.45) is 2.21. The molecule has 0 bridgehead atoms. The van der Waals surface area contributed by atoms with Crippen LogP contribution in [0.15, 0.2) is 53.0 Å². The van der Waals surface area contributed by atoms with Gasteiger partial charge in [0.1, 0.15) is 12.4 Å². The van der Waals surface area contributed by atoms with Crippen molar-refractivity contribution in [1.82, 2.24) is 0 Å². The van der Waals surface area contributed by atoms with Crippen LogP contribution in [-0.2, 0) is 13.0 Å². The minimum atomic E-state index is 0. The van der Waals surface area contributed by atoms with E-state index < -0.39 is 0 Å². The molecule has 2 aromatic carbocycles. The number of benzene rings is 2. The van der Waals surface area contributed by atoms with Gasteiger partial charge in [0, 0.05) is 4.47 Å². The molecular weight excluding hydrogens is 312 g/mol. The summed E-state index contributed by atoms with van der Waals surface area (Å²) in [6.45, 7) is 2.80. The Morgan fingerprint density at radius 1 is 1.05 bits per heavy atom. The molecule has 0 fully saturated rings. The van der Waals surface area contributed by atoms with Crippen LogP contribution in [0.2, 0.25) is 0 Å². The first kappa shape index (κ1) is 16.5. The maximum absolute atomic E-state index is 5.81. The van der Waals surface area contributed by atoms with Gasteiger partial charge >= 0.3 is 23.1 Å². The fourth-order valence-electron chi connectivity index (χ4n) is 1.84. The van der Waals surface area contributed by atoms with E-state index in [4.69, 9.17) is 4.74 Å². The average molecular weight is 332 g/mol. The third kappa shape index (κ3) is 5.17. The van der Waals surface area contributed by atoms with Gasteiger partial charge in [0.15, 0.2) is 0 Å². The van der Waals surface area contributed by atoms with E-state index in [0.717, 1.165) is 23.1 Å². The lowest BCUT2D eigenvalue weighted by atomic mass is 10.1. The summed E-state index contributed by atoms with van der Waals surface area (Å²) in [5.74, 6) is 0.936. The molecule has 0 spiro atoms. The van der Waals surface area contributed by atoms with Crippen LogP contribution in [0, 0.1) is 0 Å². The molecule has 2 rings (SSSR count). The Kier molecular flexibility index (Phi) is 7.50. The van der Waals surface area contributed by atoms with Gasteiger partial charge in [0.05, 0.1) is 0 Å². The highest BCUT2D eigenvalue weighted by Crippen LogP contribution is 2.24. The minimum Gasteiger partial charge on any atom is -0.489 e. The Bertz CT molecular complexity index is 499. The molecule has 2 aromatic rings. The van der Waals surface area contributed by atoms with Crippen molar-refractivity contribution in [2.75, 3.05) is 0 Å². The van der Waals surface area contributed by atoms with Crippen molar-refractivity contribution in [1.29, 1.82) is 0 Å². The number of hydrogen-bond acceptors (Lipinski definition) is 1. The Morgan fingerprint density at radius 2 is 1.79 bits per heavy atom. The van der Waals surface area contributed by atoms with Crippen LogP contribution in [0.25, 0.3) is 0 Å². The van der Waals surface area contributed by atoms with Gasteiger partial charge in [0.25, 0.3) is 0 Å². The summed E-state index contributed by atoms with van der Waals surface area (Å²) in [4.78, 5) is 0. The summed E-state index contributed by atoms with van der Waals surface area (Å²) < 4.78 is 6.98. The van der Waals surface area contributed by atoms with Gasteiger partial charge in [-0.25, -0.2) is 0 Å². The first-order chi connectivity index (χ1) is 8.79. The first-order valence-electron chi connectivity index (χ1n) is 6.24. The average Bonchev–Trinajstić information content (AvgIpc) is 2.41. The van der Waals surface area contributed by atoms with E-state index >= 15 is 0 Å². The molecule has 0 heterocycles. The number of ether oxygens (including phenoxy) is 1. The van der Waals surface area contributed by atoms with Gasteiger partial charge in [-0.2, -0.15) is 0 Å². The lowest BCUT2D eigenvalue weighted by Gasteiger charge is -2.09. The van der Waals surface area contributed by atoms with Gasteiger partial charge in [-0.1, -0.05) is 59.6 Å². The molecule has 1 nitrogen and oxygen atoms in total. The van der Waals surface area contributed by atoms with E-state index in [1.807, 2.05) is 24.3 Å². The summed E-state index contributed by atoms with van der Waals surface area (Å²) >= 11 is 3.57. The highest BCUT2D eigenvalue weighted by Gasteiger charge is 2.02. The van der Waals surface area contributed by atoms with Crippen molar-refractivity contribution < 1.29 is 4.74 Å². The minimum absolute atomic E-state index is 0. The van der Waals surface area contributed by atoms with Crippen molar-refractivity contribution in [3.05, 3.63) is 64.1 Å². The topological polar surface area (TPSA) is 9.23 Å². The lowest BCUT2D eigenvalue weighted by molar-refractivity contribution is 0.306. The number of rotatable bonds is 5. The second-order valence-corrected chi connectivity index (χ2v) is 5.13. The molecule has 0 amide bonds. The van der Waals surface area contributed by atoms with Gasteiger partial charge in [-0.05, 0) is 35.7 Å². The fraction of sp³-hybridized carbons (Fsp3) is 0.250. The van der Waals surface area contributed by atoms with Crippen LogP contribution >= 0.6 is 15.9 Å². The molecule has 0 saturated heterocycles. The molecule has 0 aliphatic carbocycles. The maximum Gasteiger partial charge on any atom is 0.316 e. The maximum atomic E-state index is 5.81. The number of aryl methyl sites for hydroxylation is 1. The zero-order valence-corrected chi connectivity index (χ0v) is 12.1. The van der Waals surface area contributed by atoms with Gasteiger partial charge in [-0.15, -0.1) is 0 Å². The molecule has 0 aromatic heterocycles. The predicted molar refractivity (Wildman–Crippen MR) is 87.5 cm³/mol. The molecule has 0 atom stereocenters. The van der Waals surface area contributed by atoms with E-state index in [1.54, 1.807) is 0 Å². The van der Waals surface area contributed by atoms with Crippen LogP contribution in [0.4, 0.5) is 0 Å². The second-order valence-electron chi connectivity index (χ2n) is 4.28. The third-order valence-corrected chi connectivity index (χ3v) is 3.56. The number of hydrogen-bond donors (Lipinski definition) is 0. The Hall–Kier alpha value is -0.514. The normalized spacial score (nSPS) is 9.79. The zero-order valence-electron chi connectivity index (χ0n) is 10.5. The van der Waals surface area contributed by atoms with Crippen molar-refractivity contribution in [3.8, 4) is 5.75 Å².